The summed E-state index contributed by atoms with van der Waals surface area (Å²) in [6, 6.07) is 0. The first-order chi connectivity index (χ1) is 9.26. The molecule has 1 N–H and O–H groups in total. The van der Waals surface area contributed by atoms with Crippen molar-refractivity contribution in [1.82, 2.24) is 15.1 Å². The molecule has 0 bridgehead atoms. The van der Waals surface area contributed by atoms with Crippen LogP contribution in [0.3, 0.4) is 0 Å². The van der Waals surface area contributed by atoms with Crippen LogP contribution in [0.2, 0.25) is 0 Å². The molecule has 0 saturated heterocycles. The molecule has 0 saturated carbocycles. The van der Waals surface area contributed by atoms with Crippen LogP contribution in [-0.4, -0.2) is 29.0 Å². The summed E-state index contributed by atoms with van der Waals surface area (Å²) in [5.41, 5.74) is 3.64. The number of ether oxygens (including phenoxy) is 1. The average Bonchev–Trinajstić information content (AvgIpc) is 2.63. The van der Waals surface area contributed by atoms with Crippen LogP contribution in [0.5, 0.6) is 0 Å². The first kappa shape index (κ1) is 17.2. The Morgan fingerprint density at radius 1 is 1.30 bits per heavy atom. The minimum Gasteiger partial charge on any atom is -0.379 e. The molecule has 1 rings (SSSR count). The molecule has 4 heteroatoms. The van der Waals surface area contributed by atoms with Crippen LogP contribution in [0.15, 0.2) is 0 Å². The molecule has 0 aliphatic carbocycles. The van der Waals surface area contributed by atoms with Crippen LogP contribution >= 0.6 is 0 Å². The fourth-order valence-electron chi connectivity index (χ4n) is 2.17. The van der Waals surface area contributed by atoms with Crippen molar-refractivity contribution >= 4 is 0 Å². The fraction of sp³-hybridized carbons (Fsp3) is 0.812. The zero-order valence-electron chi connectivity index (χ0n) is 14.2. The van der Waals surface area contributed by atoms with Crippen molar-refractivity contribution in [2.24, 2.45) is 5.92 Å². The maximum Gasteiger partial charge on any atom is 0.0641 e. The van der Waals surface area contributed by atoms with Gasteiger partial charge in [-0.25, -0.2) is 0 Å². The Labute approximate surface area is 123 Å². The van der Waals surface area contributed by atoms with Gasteiger partial charge in [0, 0.05) is 31.5 Å². The lowest BCUT2D eigenvalue weighted by atomic mass is 10.1. The number of aromatic nitrogens is 2. The second-order valence-corrected chi connectivity index (χ2v) is 6.61. The fourth-order valence-corrected chi connectivity index (χ4v) is 2.17. The lowest BCUT2D eigenvalue weighted by molar-refractivity contribution is 0.0112. The largest absolute Gasteiger partial charge is 0.379 e. The third-order valence-electron chi connectivity index (χ3n) is 3.86. The van der Waals surface area contributed by atoms with Gasteiger partial charge >= 0.3 is 0 Å². The van der Waals surface area contributed by atoms with Gasteiger partial charge < -0.3 is 10.1 Å². The molecule has 0 aromatic carbocycles. The second kappa shape index (κ2) is 7.23. The molecule has 0 aliphatic rings. The van der Waals surface area contributed by atoms with Gasteiger partial charge in [0.15, 0.2) is 0 Å². The summed E-state index contributed by atoms with van der Waals surface area (Å²) in [6.07, 6.45) is 0.963. The van der Waals surface area contributed by atoms with E-state index in [9.17, 15) is 0 Å². The monoisotopic (exact) mass is 281 g/mol. The molecule has 20 heavy (non-hydrogen) atoms. The maximum atomic E-state index is 5.47. The van der Waals surface area contributed by atoms with Crippen molar-refractivity contribution in [2.45, 2.75) is 66.7 Å². The molecular weight excluding hydrogens is 250 g/mol. The predicted octanol–water partition coefficient (Wildman–Crippen LogP) is 3.06. The molecule has 0 fully saturated rings. The van der Waals surface area contributed by atoms with Crippen LogP contribution in [-0.2, 0) is 17.8 Å². The molecule has 4 nitrogen and oxygen atoms in total. The molecule has 0 amide bonds. The Hall–Kier alpha value is -0.870. The van der Waals surface area contributed by atoms with E-state index in [4.69, 9.17) is 4.74 Å². The zero-order valence-corrected chi connectivity index (χ0v) is 14.2. The van der Waals surface area contributed by atoms with Gasteiger partial charge in [0.1, 0.15) is 0 Å². The number of nitrogens with zero attached hydrogens (tertiary/aromatic N) is 2. The highest BCUT2D eigenvalue weighted by atomic mass is 16.5. The van der Waals surface area contributed by atoms with E-state index in [0.29, 0.717) is 5.92 Å². The highest BCUT2D eigenvalue weighted by Crippen LogP contribution is 2.18. The van der Waals surface area contributed by atoms with E-state index in [1.807, 2.05) is 0 Å². The summed E-state index contributed by atoms with van der Waals surface area (Å²) < 4.78 is 7.59. The first-order valence-corrected chi connectivity index (χ1v) is 7.55. The van der Waals surface area contributed by atoms with Gasteiger partial charge in [-0.15, -0.1) is 0 Å². The molecule has 0 spiro atoms. The molecule has 0 unspecified atom stereocenters. The molecule has 0 atom stereocenters. The van der Waals surface area contributed by atoms with Crippen LogP contribution in [0.25, 0.3) is 0 Å². The highest BCUT2D eigenvalue weighted by Gasteiger charge is 2.18. The third kappa shape index (κ3) is 4.91. The van der Waals surface area contributed by atoms with E-state index in [-0.39, 0.29) is 5.60 Å². The minimum atomic E-state index is -0.0949. The molecule has 0 radical (unpaired) electrons. The van der Waals surface area contributed by atoms with Gasteiger partial charge in [0.05, 0.1) is 11.3 Å². The summed E-state index contributed by atoms with van der Waals surface area (Å²) in [5, 5.41) is 8.17. The second-order valence-electron chi connectivity index (χ2n) is 6.61. The van der Waals surface area contributed by atoms with Gasteiger partial charge in [-0.2, -0.15) is 5.10 Å². The topological polar surface area (TPSA) is 39.1 Å². The van der Waals surface area contributed by atoms with Crippen molar-refractivity contribution < 1.29 is 4.74 Å². The Balaban J connectivity index is 2.66. The summed E-state index contributed by atoms with van der Waals surface area (Å²) >= 11 is 0. The van der Waals surface area contributed by atoms with Crippen LogP contribution in [0.4, 0.5) is 0 Å². The van der Waals surface area contributed by atoms with Crippen molar-refractivity contribution in [3.8, 4) is 0 Å². The van der Waals surface area contributed by atoms with E-state index < -0.39 is 0 Å². The van der Waals surface area contributed by atoms with Crippen LogP contribution in [0, 0.1) is 19.8 Å². The number of hydrogen-bond acceptors (Lipinski definition) is 3. The molecule has 0 aliphatic heterocycles. The third-order valence-corrected chi connectivity index (χ3v) is 3.86. The van der Waals surface area contributed by atoms with E-state index >= 15 is 0 Å². The summed E-state index contributed by atoms with van der Waals surface area (Å²) in [6.45, 7) is 15.8. The summed E-state index contributed by atoms with van der Waals surface area (Å²) in [4.78, 5) is 0. The number of aryl methyl sites for hydroxylation is 2. The number of nitrogens with one attached hydrogen (secondary N) is 1. The van der Waals surface area contributed by atoms with Gasteiger partial charge in [-0.05, 0) is 46.6 Å². The van der Waals surface area contributed by atoms with Crippen LogP contribution in [0.1, 0.15) is 51.1 Å². The van der Waals surface area contributed by atoms with Gasteiger partial charge in [0.25, 0.3) is 0 Å². The highest BCUT2D eigenvalue weighted by molar-refractivity contribution is 5.24. The quantitative estimate of drug-likeness (QED) is 0.796. The minimum absolute atomic E-state index is 0.0949. The smallest absolute Gasteiger partial charge is 0.0641 e. The SMILES string of the molecule is COC(C)(C)CCn1nc(C)c(CNCC(C)C)c1C. The Morgan fingerprint density at radius 2 is 1.95 bits per heavy atom. The number of methoxy groups -OCH3 is 1. The van der Waals surface area contributed by atoms with Crippen molar-refractivity contribution in [3.63, 3.8) is 0 Å². The van der Waals surface area contributed by atoms with Crippen molar-refractivity contribution in [1.29, 1.82) is 0 Å². The standard InChI is InChI=1S/C16H31N3O/c1-12(2)10-17-11-15-13(3)18-19(14(15)4)9-8-16(5,6)20-7/h12,17H,8-11H2,1-7H3. The summed E-state index contributed by atoms with van der Waals surface area (Å²) in [5.74, 6) is 0.674. The predicted molar refractivity (Wildman–Crippen MR) is 84.0 cm³/mol. The molecule has 1 aromatic rings. The van der Waals surface area contributed by atoms with Crippen LogP contribution < -0.4 is 5.32 Å². The van der Waals surface area contributed by atoms with Crippen molar-refractivity contribution in [3.05, 3.63) is 17.0 Å². The Morgan fingerprint density at radius 3 is 2.50 bits per heavy atom. The van der Waals surface area contributed by atoms with Gasteiger partial charge in [-0.1, -0.05) is 13.8 Å². The lowest BCUT2D eigenvalue weighted by Crippen LogP contribution is -2.25. The van der Waals surface area contributed by atoms with E-state index in [1.54, 1.807) is 7.11 Å². The Kier molecular flexibility index (Phi) is 6.21. The average molecular weight is 281 g/mol. The van der Waals surface area contributed by atoms with E-state index in [2.05, 4.69) is 56.6 Å². The number of rotatable bonds is 8. The van der Waals surface area contributed by atoms with Gasteiger partial charge in [0.2, 0.25) is 0 Å². The van der Waals surface area contributed by atoms with E-state index in [0.717, 1.165) is 31.7 Å². The first-order valence-electron chi connectivity index (χ1n) is 7.55. The molecular formula is C16H31N3O. The zero-order chi connectivity index (χ0) is 15.3. The van der Waals surface area contributed by atoms with Crippen molar-refractivity contribution in [2.75, 3.05) is 13.7 Å². The van der Waals surface area contributed by atoms with Gasteiger partial charge in [-0.3, -0.25) is 4.68 Å². The maximum absolute atomic E-state index is 5.47. The lowest BCUT2D eigenvalue weighted by Gasteiger charge is -2.22. The molecule has 116 valence electrons. The molecule has 1 aromatic heterocycles. The summed E-state index contributed by atoms with van der Waals surface area (Å²) in [7, 11) is 1.77. The number of hydrogen-bond donors (Lipinski definition) is 1. The normalized spacial score (nSPS) is 12.4. The van der Waals surface area contributed by atoms with E-state index in [1.165, 1.54) is 11.3 Å². The molecule has 1 heterocycles. The Bertz CT molecular complexity index is 422.